The molecule has 2 nitrogen and oxygen atoms in total. The van der Waals surface area contributed by atoms with Crippen LogP contribution in [0.5, 0.6) is 0 Å². The summed E-state index contributed by atoms with van der Waals surface area (Å²) in [5.74, 6) is 0.690. The van der Waals surface area contributed by atoms with Gasteiger partial charge in [-0.25, -0.2) is 0 Å². The van der Waals surface area contributed by atoms with Crippen LogP contribution in [-0.2, 0) is 6.42 Å². The maximum Gasteiger partial charge on any atom is 0.108 e. The van der Waals surface area contributed by atoms with Crippen LogP contribution in [0.15, 0.2) is 30.3 Å². The zero-order valence-electron chi connectivity index (χ0n) is 11.7. The van der Waals surface area contributed by atoms with Gasteiger partial charge in [-0.1, -0.05) is 63.4 Å². The quantitative estimate of drug-likeness (QED) is 0.658. The SMILES string of the molecule is CCCCC(CC)CNC(O)Cc1ccccc1. The van der Waals surface area contributed by atoms with Crippen LogP contribution in [0.3, 0.4) is 0 Å². The molecule has 0 amide bonds. The summed E-state index contributed by atoms with van der Waals surface area (Å²) >= 11 is 0. The van der Waals surface area contributed by atoms with E-state index in [9.17, 15) is 5.11 Å². The van der Waals surface area contributed by atoms with E-state index in [2.05, 4.69) is 31.3 Å². The first kappa shape index (κ1) is 15.2. The van der Waals surface area contributed by atoms with Crippen molar-refractivity contribution < 1.29 is 5.11 Å². The highest BCUT2D eigenvalue weighted by Gasteiger charge is 2.09. The van der Waals surface area contributed by atoms with Gasteiger partial charge in [-0.3, -0.25) is 5.32 Å². The molecule has 1 aromatic carbocycles. The molecular weight excluding hydrogens is 222 g/mol. The predicted molar refractivity (Wildman–Crippen MR) is 77.5 cm³/mol. The molecule has 2 atom stereocenters. The summed E-state index contributed by atoms with van der Waals surface area (Å²) in [6, 6.07) is 10.1. The van der Waals surface area contributed by atoms with E-state index in [1.807, 2.05) is 18.2 Å². The molecule has 0 aliphatic rings. The average Bonchev–Trinajstić information content (AvgIpc) is 2.40. The van der Waals surface area contributed by atoms with Crippen molar-refractivity contribution in [2.75, 3.05) is 6.54 Å². The molecule has 0 aromatic heterocycles. The molecule has 0 aliphatic carbocycles. The summed E-state index contributed by atoms with van der Waals surface area (Å²) < 4.78 is 0. The average molecular weight is 249 g/mol. The van der Waals surface area contributed by atoms with E-state index >= 15 is 0 Å². The second-order valence-corrected chi connectivity index (χ2v) is 5.03. The van der Waals surface area contributed by atoms with Gasteiger partial charge in [0, 0.05) is 13.0 Å². The first-order valence-electron chi connectivity index (χ1n) is 7.21. The van der Waals surface area contributed by atoms with E-state index in [-0.39, 0.29) is 0 Å². The Morgan fingerprint density at radius 2 is 1.89 bits per heavy atom. The van der Waals surface area contributed by atoms with Crippen LogP contribution in [0.1, 0.15) is 45.1 Å². The molecule has 0 radical (unpaired) electrons. The van der Waals surface area contributed by atoms with Crippen molar-refractivity contribution in [1.29, 1.82) is 0 Å². The van der Waals surface area contributed by atoms with Gasteiger partial charge in [0.15, 0.2) is 0 Å². The van der Waals surface area contributed by atoms with Crippen LogP contribution in [0.4, 0.5) is 0 Å². The number of rotatable bonds is 9. The number of aliphatic hydroxyl groups is 1. The van der Waals surface area contributed by atoms with E-state index < -0.39 is 6.23 Å². The zero-order valence-corrected chi connectivity index (χ0v) is 11.7. The van der Waals surface area contributed by atoms with Crippen molar-refractivity contribution in [3.05, 3.63) is 35.9 Å². The Labute approximate surface area is 111 Å². The maximum atomic E-state index is 9.96. The van der Waals surface area contributed by atoms with Gasteiger partial charge in [0.25, 0.3) is 0 Å². The third kappa shape index (κ3) is 6.18. The van der Waals surface area contributed by atoms with Gasteiger partial charge in [0.05, 0.1) is 0 Å². The molecule has 102 valence electrons. The molecule has 1 aromatic rings. The lowest BCUT2D eigenvalue weighted by Crippen LogP contribution is -2.34. The lowest BCUT2D eigenvalue weighted by atomic mass is 9.99. The van der Waals surface area contributed by atoms with Crippen molar-refractivity contribution in [1.82, 2.24) is 5.32 Å². The Morgan fingerprint density at radius 1 is 1.17 bits per heavy atom. The first-order chi connectivity index (χ1) is 8.76. The van der Waals surface area contributed by atoms with Gasteiger partial charge >= 0.3 is 0 Å². The summed E-state index contributed by atoms with van der Waals surface area (Å²) in [4.78, 5) is 0. The topological polar surface area (TPSA) is 32.3 Å². The lowest BCUT2D eigenvalue weighted by molar-refractivity contribution is 0.130. The third-order valence-corrected chi connectivity index (χ3v) is 3.46. The van der Waals surface area contributed by atoms with E-state index in [0.717, 1.165) is 6.54 Å². The van der Waals surface area contributed by atoms with Crippen molar-refractivity contribution in [3.63, 3.8) is 0 Å². The normalized spacial score (nSPS) is 14.4. The highest BCUT2D eigenvalue weighted by atomic mass is 16.3. The van der Waals surface area contributed by atoms with Crippen molar-refractivity contribution in [3.8, 4) is 0 Å². The minimum Gasteiger partial charge on any atom is -0.378 e. The highest BCUT2D eigenvalue weighted by molar-refractivity contribution is 5.15. The molecule has 0 bridgehead atoms. The van der Waals surface area contributed by atoms with Gasteiger partial charge in [-0.2, -0.15) is 0 Å². The number of hydrogen-bond donors (Lipinski definition) is 2. The minimum absolute atomic E-state index is 0.428. The maximum absolute atomic E-state index is 9.96. The molecule has 0 saturated heterocycles. The molecule has 2 heteroatoms. The van der Waals surface area contributed by atoms with E-state index in [1.165, 1.54) is 31.2 Å². The van der Waals surface area contributed by atoms with Crippen LogP contribution in [0.25, 0.3) is 0 Å². The van der Waals surface area contributed by atoms with Crippen molar-refractivity contribution in [2.24, 2.45) is 5.92 Å². The van der Waals surface area contributed by atoms with Gasteiger partial charge in [0.2, 0.25) is 0 Å². The predicted octanol–water partition coefficient (Wildman–Crippen LogP) is 3.35. The largest absolute Gasteiger partial charge is 0.378 e. The third-order valence-electron chi connectivity index (χ3n) is 3.46. The van der Waals surface area contributed by atoms with Gasteiger partial charge in [0.1, 0.15) is 6.23 Å². The monoisotopic (exact) mass is 249 g/mol. The number of hydrogen-bond acceptors (Lipinski definition) is 2. The molecule has 18 heavy (non-hydrogen) atoms. The van der Waals surface area contributed by atoms with Crippen LogP contribution >= 0.6 is 0 Å². The minimum atomic E-state index is -0.428. The molecule has 0 spiro atoms. The molecule has 0 aliphatic heterocycles. The Bertz CT molecular complexity index is 299. The van der Waals surface area contributed by atoms with Crippen LogP contribution in [-0.4, -0.2) is 17.9 Å². The second kappa shape index (κ2) is 9.12. The molecule has 0 saturated carbocycles. The fourth-order valence-corrected chi connectivity index (χ4v) is 2.16. The fourth-order valence-electron chi connectivity index (χ4n) is 2.16. The van der Waals surface area contributed by atoms with Crippen LogP contribution < -0.4 is 5.32 Å². The molecular formula is C16H27NO. The van der Waals surface area contributed by atoms with Crippen LogP contribution in [0.2, 0.25) is 0 Å². The number of benzene rings is 1. The number of aliphatic hydroxyl groups excluding tert-OH is 1. The summed E-state index contributed by atoms with van der Waals surface area (Å²) in [6.45, 7) is 5.38. The molecule has 0 fully saturated rings. The van der Waals surface area contributed by atoms with Crippen LogP contribution in [0, 0.1) is 5.92 Å². The van der Waals surface area contributed by atoms with E-state index in [0.29, 0.717) is 12.3 Å². The Kier molecular flexibility index (Phi) is 7.70. The summed E-state index contributed by atoms with van der Waals surface area (Å²) in [7, 11) is 0. The Morgan fingerprint density at radius 3 is 2.50 bits per heavy atom. The Hall–Kier alpha value is -0.860. The number of nitrogens with one attached hydrogen (secondary N) is 1. The van der Waals surface area contributed by atoms with Crippen molar-refractivity contribution >= 4 is 0 Å². The highest BCUT2D eigenvalue weighted by Crippen LogP contribution is 2.11. The molecule has 2 unspecified atom stereocenters. The molecule has 1 rings (SSSR count). The van der Waals surface area contributed by atoms with E-state index in [4.69, 9.17) is 0 Å². The summed E-state index contributed by atoms with van der Waals surface area (Å²) in [5, 5.41) is 13.2. The summed E-state index contributed by atoms with van der Waals surface area (Å²) in [6.07, 6.45) is 5.25. The Balaban J connectivity index is 2.25. The lowest BCUT2D eigenvalue weighted by Gasteiger charge is -2.19. The first-order valence-corrected chi connectivity index (χ1v) is 7.21. The summed E-state index contributed by atoms with van der Waals surface area (Å²) in [5.41, 5.74) is 1.18. The van der Waals surface area contributed by atoms with Gasteiger partial charge < -0.3 is 5.11 Å². The zero-order chi connectivity index (χ0) is 13.2. The molecule has 2 N–H and O–H groups in total. The van der Waals surface area contributed by atoms with Crippen molar-refractivity contribution in [2.45, 2.75) is 52.2 Å². The standard InChI is InChI=1S/C16H27NO/c1-3-5-9-14(4-2)13-17-16(18)12-15-10-7-6-8-11-15/h6-8,10-11,14,16-18H,3-5,9,12-13H2,1-2H3. The smallest absolute Gasteiger partial charge is 0.108 e. The van der Waals surface area contributed by atoms with Gasteiger partial charge in [-0.05, 0) is 17.9 Å². The molecule has 0 heterocycles. The fraction of sp³-hybridized carbons (Fsp3) is 0.625. The number of unbranched alkanes of at least 4 members (excludes halogenated alkanes) is 1. The van der Waals surface area contributed by atoms with E-state index in [1.54, 1.807) is 0 Å². The second-order valence-electron chi connectivity index (χ2n) is 5.03. The van der Waals surface area contributed by atoms with Gasteiger partial charge in [-0.15, -0.1) is 0 Å².